The van der Waals surface area contributed by atoms with E-state index in [4.69, 9.17) is 8.37 Å². The Balaban J connectivity index is 1.48. The molecule has 0 heterocycles. The topological polar surface area (TPSA) is 86.7 Å². The fraction of sp³-hybridized carbons (Fsp3) is 0.172. The van der Waals surface area contributed by atoms with Crippen molar-refractivity contribution in [2.24, 2.45) is 0 Å². The molecule has 0 bridgehead atoms. The fourth-order valence-electron chi connectivity index (χ4n) is 3.78. The molecule has 0 aliphatic rings. The van der Waals surface area contributed by atoms with Gasteiger partial charge in [0.1, 0.15) is 21.3 Å². The first-order valence-electron chi connectivity index (χ1n) is 11.6. The molecule has 0 atom stereocenters. The van der Waals surface area contributed by atoms with E-state index in [1.54, 1.807) is 48.5 Å². The Kier molecular flexibility index (Phi) is 7.17. The van der Waals surface area contributed by atoms with Crippen LogP contribution in [0.15, 0.2) is 107 Å². The molecule has 0 saturated heterocycles. The van der Waals surface area contributed by atoms with Gasteiger partial charge in [0.25, 0.3) is 0 Å². The molecule has 0 aliphatic carbocycles. The molecule has 0 radical (unpaired) electrons. The summed E-state index contributed by atoms with van der Waals surface area (Å²) in [7, 11) is -7.87. The summed E-state index contributed by atoms with van der Waals surface area (Å²) in [5.74, 6) is 0.426. The predicted molar refractivity (Wildman–Crippen MR) is 143 cm³/mol. The molecule has 0 amide bonds. The molecule has 6 nitrogen and oxygen atoms in total. The molecule has 8 heteroatoms. The van der Waals surface area contributed by atoms with Crippen LogP contribution in [0.1, 0.15) is 36.1 Å². The molecule has 4 rings (SSSR count). The van der Waals surface area contributed by atoms with Gasteiger partial charge in [-0.05, 0) is 73.5 Å². The largest absolute Gasteiger partial charge is 0.379 e. The molecule has 4 aromatic carbocycles. The van der Waals surface area contributed by atoms with E-state index in [0.29, 0.717) is 0 Å². The summed E-state index contributed by atoms with van der Waals surface area (Å²) in [6.07, 6.45) is 0. The summed E-state index contributed by atoms with van der Waals surface area (Å²) in [6, 6.07) is 26.7. The first-order valence-corrected chi connectivity index (χ1v) is 14.4. The monoisotopic (exact) mass is 536 g/mol. The summed E-state index contributed by atoms with van der Waals surface area (Å²) in [6.45, 7) is 7.80. The normalized spacial score (nSPS) is 12.2. The van der Waals surface area contributed by atoms with Gasteiger partial charge in [-0.1, -0.05) is 73.5 Å². The van der Waals surface area contributed by atoms with Crippen LogP contribution in [-0.4, -0.2) is 16.8 Å². The van der Waals surface area contributed by atoms with E-state index < -0.39 is 25.7 Å². The van der Waals surface area contributed by atoms with E-state index in [1.165, 1.54) is 24.3 Å². The minimum Gasteiger partial charge on any atom is -0.379 e. The maximum atomic E-state index is 12.6. The molecule has 192 valence electrons. The van der Waals surface area contributed by atoms with E-state index in [-0.39, 0.29) is 21.3 Å². The molecular formula is C29H28O6S2. The average molecular weight is 537 g/mol. The molecule has 0 fully saturated rings. The Morgan fingerprint density at radius 3 is 1.08 bits per heavy atom. The number of hydrogen-bond acceptors (Lipinski definition) is 6. The molecule has 37 heavy (non-hydrogen) atoms. The maximum absolute atomic E-state index is 12.6. The van der Waals surface area contributed by atoms with Gasteiger partial charge in [0.05, 0.1) is 0 Å². The van der Waals surface area contributed by atoms with Crippen molar-refractivity contribution in [2.45, 2.75) is 42.9 Å². The van der Waals surface area contributed by atoms with Crippen molar-refractivity contribution in [3.05, 3.63) is 119 Å². The summed E-state index contributed by atoms with van der Waals surface area (Å²) >= 11 is 0. The van der Waals surface area contributed by atoms with Crippen molar-refractivity contribution >= 4 is 20.2 Å². The quantitative estimate of drug-likeness (QED) is 0.251. The number of hydrogen-bond donors (Lipinski definition) is 0. The van der Waals surface area contributed by atoms with E-state index in [1.807, 2.05) is 52.0 Å². The molecular weight excluding hydrogens is 508 g/mol. The zero-order valence-corrected chi connectivity index (χ0v) is 22.6. The summed E-state index contributed by atoms with van der Waals surface area (Å²) in [4.78, 5) is 0.184. The Morgan fingerprint density at radius 2 is 0.784 bits per heavy atom. The van der Waals surface area contributed by atoms with E-state index >= 15 is 0 Å². The van der Waals surface area contributed by atoms with Crippen molar-refractivity contribution in [1.82, 2.24) is 0 Å². The molecule has 4 aromatic rings. The minimum absolute atomic E-state index is 0.0919. The highest BCUT2D eigenvalue weighted by molar-refractivity contribution is 7.87. The summed E-state index contributed by atoms with van der Waals surface area (Å²) < 4.78 is 60.9. The zero-order valence-electron chi connectivity index (χ0n) is 21.0. The molecule has 0 aliphatic heterocycles. The molecule has 0 N–H and O–H groups in total. The smallest absolute Gasteiger partial charge is 0.339 e. The van der Waals surface area contributed by atoms with Crippen LogP contribution in [-0.2, 0) is 25.7 Å². The third-order valence-corrected chi connectivity index (χ3v) is 8.71. The summed E-state index contributed by atoms with van der Waals surface area (Å²) in [5, 5.41) is 0. The Morgan fingerprint density at radius 1 is 0.486 bits per heavy atom. The summed E-state index contributed by atoms with van der Waals surface area (Å²) in [5.41, 5.74) is 3.31. The van der Waals surface area contributed by atoms with Crippen LogP contribution < -0.4 is 8.37 Å². The highest BCUT2D eigenvalue weighted by Gasteiger charge is 2.25. The second kappa shape index (κ2) is 10.0. The van der Waals surface area contributed by atoms with Crippen LogP contribution in [0.3, 0.4) is 0 Å². The lowest BCUT2D eigenvalue weighted by Gasteiger charge is -2.26. The fourth-order valence-corrected chi connectivity index (χ4v) is 5.64. The third-order valence-electron chi connectivity index (χ3n) is 6.18. The van der Waals surface area contributed by atoms with Gasteiger partial charge in [0.15, 0.2) is 0 Å². The van der Waals surface area contributed by atoms with Crippen molar-refractivity contribution in [2.75, 3.05) is 0 Å². The van der Waals surface area contributed by atoms with Gasteiger partial charge in [0.2, 0.25) is 0 Å². The molecule has 0 aromatic heterocycles. The van der Waals surface area contributed by atoms with Crippen molar-refractivity contribution in [3.8, 4) is 11.5 Å². The molecule has 0 spiro atoms. The minimum atomic E-state index is -3.94. The van der Waals surface area contributed by atoms with Gasteiger partial charge in [-0.2, -0.15) is 16.8 Å². The van der Waals surface area contributed by atoms with Crippen LogP contribution in [0.4, 0.5) is 0 Å². The van der Waals surface area contributed by atoms with E-state index in [9.17, 15) is 16.8 Å². The third kappa shape index (κ3) is 6.03. The highest BCUT2D eigenvalue weighted by atomic mass is 32.2. The first kappa shape index (κ1) is 26.4. The van der Waals surface area contributed by atoms with Crippen molar-refractivity contribution < 1.29 is 25.2 Å². The van der Waals surface area contributed by atoms with Crippen molar-refractivity contribution in [3.63, 3.8) is 0 Å². The SMILES string of the molecule is Cc1ccc(S(=O)(=O)Oc2ccc(C(C)(C)c3ccc(OS(=O)(=O)c4ccc(C)cc4)cc3)cc2)cc1. The van der Waals surface area contributed by atoms with Crippen LogP contribution in [0.2, 0.25) is 0 Å². The lowest BCUT2D eigenvalue weighted by atomic mass is 9.78. The van der Waals surface area contributed by atoms with Gasteiger partial charge in [-0.3, -0.25) is 0 Å². The standard InChI is InChI=1S/C29H28O6S2/c1-21-5-17-27(18-6-21)36(30,31)34-25-13-9-23(10-14-25)29(3,4)24-11-15-26(16-12-24)35-37(32,33)28-19-7-22(2)8-20-28/h5-20H,1-4H3. The van der Waals surface area contributed by atoms with Crippen LogP contribution in [0.25, 0.3) is 0 Å². The predicted octanol–water partition coefficient (Wildman–Crippen LogP) is 6.16. The lowest BCUT2D eigenvalue weighted by Crippen LogP contribution is -2.19. The second-order valence-electron chi connectivity index (χ2n) is 9.37. The molecule has 0 unspecified atom stereocenters. The van der Waals surface area contributed by atoms with Gasteiger partial charge < -0.3 is 8.37 Å². The van der Waals surface area contributed by atoms with E-state index in [2.05, 4.69) is 0 Å². The van der Waals surface area contributed by atoms with Crippen LogP contribution in [0.5, 0.6) is 11.5 Å². The number of benzene rings is 4. The maximum Gasteiger partial charge on any atom is 0.339 e. The van der Waals surface area contributed by atoms with Gasteiger partial charge in [-0.25, -0.2) is 0 Å². The zero-order chi connectivity index (χ0) is 26.8. The Labute approximate surface area is 218 Å². The second-order valence-corrected chi connectivity index (χ2v) is 12.5. The van der Waals surface area contributed by atoms with E-state index in [0.717, 1.165) is 22.3 Å². The van der Waals surface area contributed by atoms with Crippen molar-refractivity contribution in [1.29, 1.82) is 0 Å². The van der Waals surface area contributed by atoms with Gasteiger partial charge in [-0.15, -0.1) is 0 Å². The van der Waals surface area contributed by atoms with Gasteiger partial charge >= 0.3 is 20.2 Å². The number of aryl methyl sites for hydroxylation is 2. The highest BCUT2D eigenvalue weighted by Crippen LogP contribution is 2.34. The Bertz CT molecular complexity index is 1460. The first-order chi connectivity index (χ1) is 17.4. The Hall–Kier alpha value is -3.62. The van der Waals surface area contributed by atoms with Gasteiger partial charge in [0, 0.05) is 5.41 Å². The van der Waals surface area contributed by atoms with Crippen LogP contribution >= 0.6 is 0 Å². The lowest BCUT2D eigenvalue weighted by molar-refractivity contribution is 0.484. The van der Waals surface area contributed by atoms with Crippen LogP contribution in [0, 0.1) is 13.8 Å². The number of rotatable bonds is 8. The molecule has 0 saturated carbocycles. The average Bonchev–Trinajstić information content (AvgIpc) is 2.85.